The summed E-state index contributed by atoms with van der Waals surface area (Å²) in [6, 6.07) is 7.52. The van der Waals surface area contributed by atoms with Crippen molar-refractivity contribution >= 4 is 17.5 Å². The van der Waals surface area contributed by atoms with Crippen LogP contribution in [0.2, 0.25) is 0 Å². The van der Waals surface area contributed by atoms with E-state index in [9.17, 15) is 27.2 Å². The molecule has 1 aromatic heterocycles. The van der Waals surface area contributed by atoms with Crippen LogP contribution in [0.4, 0.5) is 23.4 Å². The third-order valence-corrected chi connectivity index (χ3v) is 4.98. The van der Waals surface area contributed by atoms with Gasteiger partial charge in [0.25, 0.3) is 0 Å². The lowest BCUT2D eigenvalue weighted by Gasteiger charge is -2.23. The van der Waals surface area contributed by atoms with Gasteiger partial charge in [-0.15, -0.1) is 0 Å². The van der Waals surface area contributed by atoms with Gasteiger partial charge in [-0.3, -0.25) is 9.59 Å². The number of anilines is 1. The molecule has 1 aromatic carbocycles. The van der Waals surface area contributed by atoms with E-state index in [4.69, 9.17) is 0 Å². The average molecular weight is 423 g/mol. The predicted octanol–water partition coefficient (Wildman–Crippen LogP) is 3.94. The molecule has 3 rings (SSSR count). The first kappa shape index (κ1) is 21.7. The molecule has 0 aliphatic carbocycles. The summed E-state index contributed by atoms with van der Waals surface area (Å²) in [5, 5.41) is 0. The van der Waals surface area contributed by atoms with E-state index in [0.717, 1.165) is 12.3 Å². The van der Waals surface area contributed by atoms with Gasteiger partial charge in [0.05, 0.1) is 5.56 Å². The molecule has 0 saturated carbocycles. The van der Waals surface area contributed by atoms with Crippen molar-refractivity contribution in [2.24, 2.45) is 0 Å². The maximum Gasteiger partial charge on any atom is 0.417 e. The monoisotopic (exact) mass is 423 g/mol. The molecule has 0 spiro atoms. The van der Waals surface area contributed by atoms with E-state index >= 15 is 0 Å². The van der Waals surface area contributed by atoms with Crippen LogP contribution in [0, 0.1) is 5.82 Å². The molecule has 1 saturated heterocycles. The summed E-state index contributed by atoms with van der Waals surface area (Å²) in [6.45, 7) is 1.90. The van der Waals surface area contributed by atoms with Gasteiger partial charge in [-0.05, 0) is 42.8 Å². The van der Waals surface area contributed by atoms with Gasteiger partial charge in [0.2, 0.25) is 5.91 Å². The van der Waals surface area contributed by atoms with Crippen molar-refractivity contribution in [2.45, 2.75) is 25.4 Å². The van der Waals surface area contributed by atoms with Gasteiger partial charge in [0, 0.05) is 50.8 Å². The van der Waals surface area contributed by atoms with Crippen LogP contribution in [0.5, 0.6) is 0 Å². The molecule has 5 nitrogen and oxygen atoms in total. The lowest BCUT2D eigenvalue weighted by molar-refractivity contribution is -0.137. The number of amides is 1. The van der Waals surface area contributed by atoms with Gasteiger partial charge in [-0.25, -0.2) is 9.37 Å². The van der Waals surface area contributed by atoms with Crippen molar-refractivity contribution in [3.8, 4) is 0 Å². The summed E-state index contributed by atoms with van der Waals surface area (Å²) >= 11 is 0. The Morgan fingerprint density at radius 2 is 1.67 bits per heavy atom. The number of carbonyl (C=O) groups is 2. The second kappa shape index (κ2) is 9.23. The molecule has 1 aliphatic heterocycles. The van der Waals surface area contributed by atoms with E-state index in [-0.39, 0.29) is 24.5 Å². The summed E-state index contributed by atoms with van der Waals surface area (Å²) in [7, 11) is 0. The number of hydrogen-bond acceptors (Lipinski definition) is 4. The molecule has 0 unspecified atom stereocenters. The predicted molar refractivity (Wildman–Crippen MR) is 103 cm³/mol. The fourth-order valence-electron chi connectivity index (χ4n) is 3.30. The maximum absolute atomic E-state index is 12.9. The van der Waals surface area contributed by atoms with Crippen LogP contribution in [-0.4, -0.2) is 47.8 Å². The van der Waals surface area contributed by atoms with E-state index in [0.29, 0.717) is 44.0 Å². The van der Waals surface area contributed by atoms with Crippen molar-refractivity contribution < 1.29 is 27.2 Å². The second-order valence-electron chi connectivity index (χ2n) is 7.05. The molecule has 30 heavy (non-hydrogen) atoms. The average Bonchev–Trinajstić information content (AvgIpc) is 2.98. The van der Waals surface area contributed by atoms with Crippen molar-refractivity contribution in [2.75, 3.05) is 31.1 Å². The minimum absolute atomic E-state index is 0.0329. The number of hydrogen-bond donors (Lipinski definition) is 0. The van der Waals surface area contributed by atoms with Gasteiger partial charge < -0.3 is 9.80 Å². The number of Topliss-reactive ketones (excluding diaryl/α,β-unsaturated/α-hetero) is 1. The first-order valence-corrected chi connectivity index (χ1v) is 9.59. The fraction of sp³-hybridized carbons (Fsp3) is 0.381. The standard InChI is InChI=1S/C21H21F4N3O2/c22-17-5-2-15(3-6-17)18(29)7-9-20(30)28-11-1-10-27(12-13-28)19-8-4-16(14-26-19)21(23,24)25/h2-6,8,14H,1,7,9-13H2. The maximum atomic E-state index is 12.9. The topological polar surface area (TPSA) is 53.5 Å². The van der Waals surface area contributed by atoms with Gasteiger partial charge in [0.15, 0.2) is 5.78 Å². The van der Waals surface area contributed by atoms with Crippen molar-refractivity contribution in [3.63, 3.8) is 0 Å². The highest BCUT2D eigenvalue weighted by Gasteiger charge is 2.31. The second-order valence-corrected chi connectivity index (χ2v) is 7.05. The zero-order chi connectivity index (χ0) is 21.7. The first-order valence-electron chi connectivity index (χ1n) is 9.59. The summed E-state index contributed by atoms with van der Waals surface area (Å²) < 4.78 is 51.0. The van der Waals surface area contributed by atoms with Crippen molar-refractivity contribution in [3.05, 3.63) is 59.5 Å². The SMILES string of the molecule is O=C(CCC(=O)N1CCCN(c2ccc(C(F)(F)F)cn2)CC1)c1ccc(F)cc1. The zero-order valence-electron chi connectivity index (χ0n) is 16.2. The number of ketones is 1. The summed E-state index contributed by atoms with van der Waals surface area (Å²) in [6.07, 6.45) is -2.90. The first-order chi connectivity index (χ1) is 14.2. The molecule has 0 bridgehead atoms. The number of carbonyl (C=O) groups excluding carboxylic acids is 2. The number of rotatable bonds is 5. The van der Waals surface area contributed by atoms with Crippen LogP contribution in [0.3, 0.4) is 0 Å². The number of nitrogens with zero attached hydrogens (tertiary/aromatic N) is 3. The van der Waals surface area contributed by atoms with Crippen molar-refractivity contribution in [1.82, 2.24) is 9.88 Å². The minimum atomic E-state index is -4.43. The molecule has 0 atom stereocenters. The molecule has 1 aliphatic rings. The smallest absolute Gasteiger partial charge is 0.355 e. The Bertz CT molecular complexity index is 883. The number of aromatic nitrogens is 1. The third kappa shape index (κ3) is 5.55. The Kier molecular flexibility index (Phi) is 6.69. The normalized spacial score (nSPS) is 15.1. The van der Waals surface area contributed by atoms with E-state index < -0.39 is 17.6 Å². The van der Waals surface area contributed by atoms with Crippen LogP contribution < -0.4 is 4.90 Å². The molecule has 2 heterocycles. The van der Waals surface area contributed by atoms with E-state index in [2.05, 4.69) is 4.98 Å². The number of benzene rings is 1. The van der Waals surface area contributed by atoms with Crippen LogP contribution in [0.25, 0.3) is 0 Å². The molecule has 1 amide bonds. The summed E-state index contributed by atoms with van der Waals surface area (Å²) in [5.74, 6) is -0.385. The largest absolute Gasteiger partial charge is 0.417 e. The molecule has 0 radical (unpaired) electrons. The molecular formula is C21H21F4N3O2. The summed E-state index contributed by atoms with van der Waals surface area (Å²) in [4.78, 5) is 32.1. The van der Waals surface area contributed by atoms with Gasteiger partial charge in [-0.1, -0.05) is 0 Å². The Morgan fingerprint density at radius 1 is 0.933 bits per heavy atom. The minimum Gasteiger partial charge on any atom is -0.355 e. The zero-order valence-corrected chi connectivity index (χ0v) is 16.2. The van der Waals surface area contributed by atoms with E-state index in [1.807, 2.05) is 4.90 Å². The van der Waals surface area contributed by atoms with Crippen LogP contribution in [0.1, 0.15) is 35.2 Å². The quantitative estimate of drug-likeness (QED) is 0.540. The molecule has 160 valence electrons. The third-order valence-electron chi connectivity index (χ3n) is 4.98. The Hall–Kier alpha value is -2.97. The van der Waals surface area contributed by atoms with Gasteiger partial charge >= 0.3 is 6.18 Å². The molecular weight excluding hydrogens is 402 g/mol. The Morgan fingerprint density at radius 3 is 2.30 bits per heavy atom. The lowest BCUT2D eigenvalue weighted by Crippen LogP contribution is -2.35. The van der Waals surface area contributed by atoms with Crippen LogP contribution >= 0.6 is 0 Å². The number of pyridine rings is 1. The van der Waals surface area contributed by atoms with Crippen LogP contribution in [0.15, 0.2) is 42.6 Å². The Balaban J connectivity index is 1.52. The van der Waals surface area contributed by atoms with E-state index in [1.54, 1.807) is 4.90 Å². The molecule has 0 N–H and O–H groups in total. The van der Waals surface area contributed by atoms with Crippen LogP contribution in [-0.2, 0) is 11.0 Å². The number of halogens is 4. The molecule has 1 fully saturated rings. The summed E-state index contributed by atoms with van der Waals surface area (Å²) in [5.41, 5.74) is -0.441. The Labute approximate surface area is 171 Å². The highest BCUT2D eigenvalue weighted by molar-refractivity contribution is 5.97. The van der Waals surface area contributed by atoms with Gasteiger partial charge in [-0.2, -0.15) is 13.2 Å². The van der Waals surface area contributed by atoms with Crippen molar-refractivity contribution in [1.29, 1.82) is 0 Å². The van der Waals surface area contributed by atoms with E-state index in [1.165, 1.54) is 30.3 Å². The molecule has 9 heteroatoms. The van der Waals surface area contributed by atoms with Gasteiger partial charge in [0.1, 0.15) is 11.6 Å². The highest BCUT2D eigenvalue weighted by Crippen LogP contribution is 2.29. The number of alkyl halides is 3. The molecule has 2 aromatic rings. The fourth-order valence-corrected chi connectivity index (χ4v) is 3.30. The lowest BCUT2D eigenvalue weighted by atomic mass is 10.1. The highest BCUT2D eigenvalue weighted by atomic mass is 19.4.